The number of hydrogen-bond acceptors (Lipinski definition) is 6. The molecule has 0 aliphatic carbocycles. The predicted molar refractivity (Wildman–Crippen MR) is 78.5 cm³/mol. The molecule has 1 amide bonds. The Kier molecular flexibility index (Phi) is 5.34. The lowest BCUT2D eigenvalue weighted by molar-refractivity contribution is -0.141. The number of nitrogens with two attached hydrogens (primary N) is 1. The maximum atomic E-state index is 11.6. The highest BCUT2D eigenvalue weighted by atomic mass is 16.6. The molecule has 8 nitrogen and oxygen atoms in total. The quantitative estimate of drug-likeness (QED) is 0.562. The van der Waals surface area contributed by atoms with E-state index < -0.39 is 35.6 Å². The minimum absolute atomic E-state index is 0.0513. The monoisotopic (exact) mass is 312 g/mol. The van der Waals surface area contributed by atoms with E-state index in [9.17, 15) is 19.8 Å². The summed E-state index contributed by atoms with van der Waals surface area (Å²) in [5.41, 5.74) is 4.81. The summed E-state index contributed by atoms with van der Waals surface area (Å²) in [5.74, 6) is -1.79. The van der Waals surface area contributed by atoms with E-state index in [1.54, 1.807) is 20.8 Å². The molecule has 2 unspecified atom stereocenters. The molecule has 8 heteroatoms. The Morgan fingerprint density at radius 2 is 1.91 bits per heavy atom. The van der Waals surface area contributed by atoms with Gasteiger partial charge in [-0.1, -0.05) is 6.07 Å². The summed E-state index contributed by atoms with van der Waals surface area (Å²) in [4.78, 5) is 22.3. The van der Waals surface area contributed by atoms with Crippen molar-refractivity contribution in [3.8, 4) is 5.75 Å². The fourth-order valence-electron chi connectivity index (χ4n) is 1.62. The van der Waals surface area contributed by atoms with E-state index in [0.717, 1.165) is 6.07 Å². The van der Waals surface area contributed by atoms with Crippen LogP contribution in [-0.2, 0) is 9.53 Å². The Morgan fingerprint density at radius 1 is 1.32 bits per heavy atom. The summed E-state index contributed by atoms with van der Waals surface area (Å²) < 4.78 is 5.05. The Balaban J connectivity index is 2.86. The van der Waals surface area contributed by atoms with Crippen LogP contribution in [0.4, 0.5) is 10.5 Å². The SMILES string of the molecule is CC(C)(C)OC(=O)Nc1ccc(C(O)C(N)C(=O)O)c(O)c1. The maximum absolute atomic E-state index is 11.6. The molecular formula is C14H20N2O6. The average molecular weight is 312 g/mol. The number of carbonyl (C=O) groups is 2. The van der Waals surface area contributed by atoms with Crippen molar-refractivity contribution in [2.75, 3.05) is 5.32 Å². The Labute approximate surface area is 127 Å². The normalized spacial score (nSPS) is 14.0. The second kappa shape index (κ2) is 6.63. The molecule has 0 saturated carbocycles. The van der Waals surface area contributed by atoms with Crippen LogP contribution in [0.1, 0.15) is 32.4 Å². The highest BCUT2D eigenvalue weighted by Gasteiger charge is 2.26. The van der Waals surface area contributed by atoms with Crippen LogP contribution in [0.2, 0.25) is 0 Å². The van der Waals surface area contributed by atoms with Crippen LogP contribution in [-0.4, -0.2) is 39.0 Å². The zero-order valence-electron chi connectivity index (χ0n) is 12.5. The number of nitrogens with one attached hydrogen (secondary N) is 1. The first-order valence-electron chi connectivity index (χ1n) is 6.50. The summed E-state index contributed by atoms with van der Waals surface area (Å²) >= 11 is 0. The number of hydrogen-bond donors (Lipinski definition) is 5. The van der Waals surface area contributed by atoms with Crippen molar-refractivity contribution < 1.29 is 29.6 Å². The van der Waals surface area contributed by atoms with Gasteiger partial charge in [-0.05, 0) is 26.8 Å². The number of amides is 1. The summed E-state index contributed by atoms with van der Waals surface area (Å²) in [6.07, 6.45) is -2.28. The standard InChI is InChI=1S/C14H20N2O6/c1-14(2,3)22-13(21)16-7-4-5-8(9(17)6-7)11(18)10(15)12(19)20/h4-6,10-11,17-18H,15H2,1-3H3,(H,16,21)(H,19,20). The third kappa shape index (κ3) is 4.90. The van der Waals surface area contributed by atoms with E-state index in [4.69, 9.17) is 15.6 Å². The van der Waals surface area contributed by atoms with Gasteiger partial charge in [-0.2, -0.15) is 0 Å². The van der Waals surface area contributed by atoms with Gasteiger partial charge < -0.3 is 25.8 Å². The fraction of sp³-hybridized carbons (Fsp3) is 0.429. The number of benzene rings is 1. The molecule has 0 bridgehead atoms. The van der Waals surface area contributed by atoms with Crippen LogP contribution < -0.4 is 11.1 Å². The first kappa shape index (κ1) is 17.7. The van der Waals surface area contributed by atoms with Gasteiger partial charge in [0.2, 0.25) is 0 Å². The van der Waals surface area contributed by atoms with Gasteiger partial charge in [0.05, 0.1) is 0 Å². The lowest BCUT2D eigenvalue weighted by Crippen LogP contribution is -2.36. The third-order valence-corrected chi connectivity index (χ3v) is 2.62. The van der Waals surface area contributed by atoms with E-state index >= 15 is 0 Å². The molecule has 0 aliphatic heterocycles. The molecule has 0 spiro atoms. The zero-order chi connectivity index (χ0) is 17.1. The molecular weight excluding hydrogens is 292 g/mol. The molecule has 6 N–H and O–H groups in total. The fourth-order valence-corrected chi connectivity index (χ4v) is 1.62. The van der Waals surface area contributed by atoms with Crippen molar-refractivity contribution in [2.24, 2.45) is 5.73 Å². The average Bonchev–Trinajstić information content (AvgIpc) is 2.34. The number of carbonyl (C=O) groups excluding carboxylic acids is 1. The smallest absolute Gasteiger partial charge is 0.412 e. The van der Waals surface area contributed by atoms with E-state index in [2.05, 4.69) is 5.32 Å². The van der Waals surface area contributed by atoms with Crippen molar-refractivity contribution >= 4 is 17.7 Å². The van der Waals surface area contributed by atoms with E-state index in [1.807, 2.05) is 0 Å². The molecule has 0 aliphatic rings. The molecule has 0 heterocycles. The van der Waals surface area contributed by atoms with Crippen molar-refractivity contribution in [2.45, 2.75) is 38.5 Å². The van der Waals surface area contributed by atoms with Crippen LogP contribution in [0.25, 0.3) is 0 Å². The van der Waals surface area contributed by atoms with Gasteiger partial charge in [0.25, 0.3) is 0 Å². The molecule has 0 aromatic heterocycles. The number of carboxylic acid groups (broad SMARTS) is 1. The van der Waals surface area contributed by atoms with E-state index in [-0.39, 0.29) is 11.3 Å². The van der Waals surface area contributed by atoms with Gasteiger partial charge in [-0.3, -0.25) is 10.1 Å². The van der Waals surface area contributed by atoms with Crippen LogP contribution in [0.3, 0.4) is 0 Å². The third-order valence-electron chi connectivity index (χ3n) is 2.62. The minimum Gasteiger partial charge on any atom is -0.507 e. The highest BCUT2D eigenvalue weighted by Crippen LogP contribution is 2.29. The molecule has 0 fully saturated rings. The van der Waals surface area contributed by atoms with Gasteiger partial charge >= 0.3 is 12.1 Å². The number of aromatic hydroxyl groups is 1. The van der Waals surface area contributed by atoms with E-state index in [0.29, 0.717) is 0 Å². The molecule has 1 aromatic rings. The van der Waals surface area contributed by atoms with E-state index in [1.165, 1.54) is 12.1 Å². The lowest BCUT2D eigenvalue weighted by atomic mass is 10.0. The number of anilines is 1. The second-order valence-corrected chi connectivity index (χ2v) is 5.71. The second-order valence-electron chi connectivity index (χ2n) is 5.71. The molecule has 22 heavy (non-hydrogen) atoms. The van der Waals surface area contributed by atoms with Crippen LogP contribution >= 0.6 is 0 Å². The van der Waals surface area contributed by atoms with Gasteiger partial charge in [0.1, 0.15) is 23.5 Å². The number of aliphatic carboxylic acids is 1. The Bertz CT molecular complexity index is 567. The highest BCUT2D eigenvalue weighted by molar-refractivity contribution is 5.85. The summed E-state index contributed by atoms with van der Waals surface area (Å²) in [7, 11) is 0. The molecule has 1 aromatic carbocycles. The predicted octanol–water partition coefficient (Wildman–Crippen LogP) is 1.18. The zero-order valence-corrected chi connectivity index (χ0v) is 12.5. The largest absolute Gasteiger partial charge is 0.507 e. The number of phenolic OH excluding ortho intramolecular Hbond substituents is 1. The molecule has 0 saturated heterocycles. The van der Waals surface area contributed by atoms with Gasteiger partial charge in [-0.25, -0.2) is 4.79 Å². The number of ether oxygens (including phenoxy) is 1. The van der Waals surface area contributed by atoms with Gasteiger partial charge in [-0.15, -0.1) is 0 Å². The summed E-state index contributed by atoms with van der Waals surface area (Å²) in [6.45, 7) is 5.12. The Morgan fingerprint density at radius 3 is 2.36 bits per heavy atom. The molecule has 122 valence electrons. The number of aliphatic hydroxyl groups is 1. The maximum Gasteiger partial charge on any atom is 0.412 e. The number of phenols is 1. The number of aliphatic hydroxyl groups excluding tert-OH is 1. The first-order chi connectivity index (χ1) is 10.0. The van der Waals surface area contributed by atoms with Crippen molar-refractivity contribution in [1.29, 1.82) is 0 Å². The Hall–Kier alpha value is -2.32. The van der Waals surface area contributed by atoms with Crippen molar-refractivity contribution in [3.63, 3.8) is 0 Å². The summed E-state index contributed by atoms with van der Waals surface area (Å²) in [6, 6.07) is 2.25. The summed E-state index contributed by atoms with van der Waals surface area (Å²) in [5, 5.41) is 30.8. The number of carboxylic acids is 1. The van der Waals surface area contributed by atoms with Crippen LogP contribution in [0.15, 0.2) is 18.2 Å². The minimum atomic E-state index is -1.58. The number of rotatable bonds is 4. The lowest BCUT2D eigenvalue weighted by Gasteiger charge is -2.20. The molecule has 2 atom stereocenters. The molecule has 0 radical (unpaired) electrons. The molecule has 1 rings (SSSR count). The first-order valence-corrected chi connectivity index (χ1v) is 6.50. The van der Waals surface area contributed by atoms with Gasteiger partial charge in [0.15, 0.2) is 0 Å². The van der Waals surface area contributed by atoms with Crippen molar-refractivity contribution in [3.05, 3.63) is 23.8 Å². The van der Waals surface area contributed by atoms with Crippen molar-refractivity contribution in [1.82, 2.24) is 0 Å². The van der Waals surface area contributed by atoms with Crippen LogP contribution in [0.5, 0.6) is 5.75 Å². The topological polar surface area (TPSA) is 142 Å². The van der Waals surface area contributed by atoms with Gasteiger partial charge in [0, 0.05) is 17.3 Å². The van der Waals surface area contributed by atoms with Crippen LogP contribution in [0, 0.1) is 0 Å².